The van der Waals surface area contributed by atoms with E-state index in [1.54, 1.807) is 30.3 Å². The Hall–Kier alpha value is -2.21. The molecule has 1 N–H and O–H groups in total. The lowest BCUT2D eigenvalue weighted by molar-refractivity contribution is 0.111. The minimum Gasteiger partial charge on any atom is -0.530 e. The number of aldehydes is 1. The fourth-order valence-corrected chi connectivity index (χ4v) is 1.53. The van der Waals surface area contributed by atoms with Gasteiger partial charge in [0.15, 0.2) is 12.1 Å². The van der Waals surface area contributed by atoms with Crippen LogP contribution in [0.5, 0.6) is 5.75 Å². The van der Waals surface area contributed by atoms with Crippen LogP contribution in [0.25, 0.3) is 0 Å². The van der Waals surface area contributed by atoms with Crippen LogP contribution in [0, 0.1) is 11.6 Å². The highest BCUT2D eigenvalue weighted by atomic mass is 19.1. The number of carbonyl (C=O) groups excluding carboxylic acids is 1. The molecular formula is C13H9BF2O3. The Kier molecular flexibility index (Phi) is 3.92. The van der Waals surface area contributed by atoms with Gasteiger partial charge in [-0.05, 0) is 11.5 Å². The average molecular weight is 262 g/mol. The van der Waals surface area contributed by atoms with Crippen LogP contribution in [0.2, 0.25) is 0 Å². The van der Waals surface area contributed by atoms with Crippen molar-refractivity contribution in [2.24, 2.45) is 0 Å². The van der Waals surface area contributed by atoms with E-state index in [4.69, 9.17) is 4.65 Å². The van der Waals surface area contributed by atoms with Gasteiger partial charge in [-0.15, -0.1) is 0 Å². The molecule has 96 valence electrons. The monoisotopic (exact) mass is 262 g/mol. The molecule has 6 heteroatoms. The molecule has 2 rings (SSSR count). The van der Waals surface area contributed by atoms with Crippen molar-refractivity contribution in [2.75, 3.05) is 0 Å². The summed E-state index contributed by atoms with van der Waals surface area (Å²) in [4.78, 5) is 10.4. The average Bonchev–Trinajstić information content (AvgIpc) is 2.43. The molecule has 3 nitrogen and oxygen atoms in total. The first-order valence-corrected chi connectivity index (χ1v) is 5.45. The topological polar surface area (TPSA) is 46.5 Å². The molecule has 0 atom stereocenters. The minimum absolute atomic E-state index is 0.204. The second-order valence-corrected chi connectivity index (χ2v) is 3.80. The van der Waals surface area contributed by atoms with Crippen molar-refractivity contribution < 1.29 is 23.3 Å². The van der Waals surface area contributed by atoms with Crippen LogP contribution in [0.15, 0.2) is 42.5 Å². The molecule has 0 saturated heterocycles. The summed E-state index contributed by atoms with van der Waals surface area (Å²) in [6.07, 6.45) is 0.204. The first kappa shape index (κ1) is 13.2. The van der Waals surface area contributed by atoms with Crippen LogP contribution >= 0.6 is 0 Å². The molecular weight excluding hydrogens is 253 g/mol. The lowest BCUT2D eigenvalue weighted by Gasteiger charge is -2.11. The number of hydrogen-bond donors (Lipinski definition) is 1. The van der Waals surface area contributed by atoms with Gasteiger partial charge >= 0.3 is 7.12 Å². The minimum atomic E-state index is -1.42. The number of carbonyl (C=O) groups is 1. The Morgan fingerprint density at radius 3 is 2.42 bits per heavy atom. The van der Waals surface area contributed by atoms with E-state index in [0.29, 0.717) is 5.46 Å². The normalized spacial score (nSPS) is 10.1. The zero-order valence-electron chi connectivity index (χ0n) is 9.72. The van der Waals surface area contributed by atoms with Crippen molar-refractivity contribution >= 4 is 18.9 Å². The molecule has 0 aromatic heterocycles. The molecule has 0 aliphatic heterocycles. The Morgan fingerprint density at radius 1 is 1.11 bits per heavy atom. The van der Waals surface area contributed by atoms with Crippen molar-refractivity contribution in [2.45, 2.75) is 0 Å². The van der Waals surface area contributed by atoms with Gasteiger partial charge < -0.3 is 9.68 Å². The molecule has 0 bridgehead atoms. The second-order valence-electron chi connectivity index (χ2n) is 3.80. The Balaban J connectivity index is 2.24. The molecule has 0 heterocycles. The smallest absolute Gasteiger partial charge is 0.530 e. The first-order chi connectivity index (χ1) is 9.11. The second kappa shape index (κ2) is 5.62. The summed E-state index contributed by atoms with van der Waals surface area (Å²) in [5, 5.41) is 9.73. The van der Waals surface area contributed by atoms with Gasteiger partial charge in [-0.3, -0.25) is 4.79 Å². The molecule has 0 unspecified atom stereocenters. The fraction of sp³-hybridized carbons (Fsp3) is 0. The summed E-state index contributed by atoms with van der Waals surface area (Å²) in [7, 11) is -1.42. The van der Waals surface area contributed by atoms with Gasteiger partial charge in [-0.25, -0.2) is 8.78 Å². The van der Waals surface area contributed by atoms with Gasteiger partial charge in [0, 0.05) is 6.07 Å². The van der Waals surface area contributed by atoms with Crippen molar-refractivity contribution in [1.29, 1.82) is 0 Å². The van der Waals surface area contributed by atoms with Crippen molar-refractivity contribution in [1.82, 2.24) is 0 Å². The zero-order chi connectivity index (χ0) is 13.8. The van der Waals surface area contributed by atoms with E-state index in [2.05, 4.69) is 0 Å². The third-order valence-corrected chi connectivity index (χ3v) is 2.50. The molecule has 0 amide bonds. The number of benzene rings is 2. The highest BCUT2D eigenvalue weighted by molar-refractivity contribution is 6.60. The maximum absolute atomic E-state index is 13.5. The van der Waals surface area contributed by atoms with Crippen molar-refractivity contribution in [3.63, 3.8) is 0 Å². The summed E-state index contributed by atoms with van der Waals surface area (Å²) >= 11 is 0. The molecule has 0 fully saturated rings. The molecule has 0 aliphatic rings. The van der Waals surface area contributed by atoms with Crippen LogP contribution < -0.4 is 10.1 Å². The van der Waals surface area contributed by atoms with E-state index in [9.17, 15) is 18.6 Å². The van der Waals surface area contributed by atoms with E-state index in [1.807, 2.05) is 0 Å². The Labute approximate surface area is 108 Å². The molecule has 2 aromatic rings. The number of halogens is 2. The number of rotatable bonds is 4. The van der Waals surface area contributed by atoms with Crippen LogP contribution in [0.1, 0.15) is 10.4 Å². The van der Waals surface area contributed by atoms with Gasteiger partial charge in [0.25, 0.3) is 0 Å². The quantitative estimate of drug-likeness (QED) is 0.671. The van der Waals surface area contributed by atoms with Gasteiger partial charge in [-0.2, -0.15) is 0 Å². The highest BCUT2D eigenvalue weighted by Crippen LogP contribution is 2.21. The summed E-state index contributed by atoms with van der Waals surface area (Å²) in [5.74, 6) is -2.29. The SMILES string of the molecule is O=Cc1cc(F)c(OB(O)c2ccccc2)cc1F. The summed E-state index contributed by atoms with van der Waals surface area (Å²) in [6.45, 7) is 0. The van der Waals surface area contributed by atoms with Gasteiger partial charge in [0.05, 0.1) is 5.56 Å². The van der Waals surface area contributed by atoms with Crippen LogP contribution in [-0.4, -0.2) is 18.4 Å². The van der Waals surface area contributed by atoms with E-state index < -0.39 is 30.1 Å². The van der Waals surface area contributed by atoms with Gasteiger partial charge in [0.2, 0.25) is 0 Å². The van der Waals surface area contributed by atoms with E-state index in [0.717, 1.165) is 12.1 Å². The standard InChI is InChI=1S/C13H9BF2O3/c15-11-7-13(12(16)6-9(11)8-17)19-14(18)10-4-2-1-3-5-10/h1-8,18H. The van der Waals surface area contributed by atoms with Gasteiger partial charge in [0.1, 0.15) is 11.6 Å². The molecule has 2 aromatic carbocycles. The summed E-state index contributed by atoms with van der Waals surface area (Å²) in [6, 6.07) is 9.70. The van der Waals surface area contributed by atoms with Crippen LogP contribution in [0.4, 0.5) is 8.78 Å². The molecule has 0 radical (unpaired) electrons. The fourth-order valence-electron chi connectivity index (χ4n) is 1.53. The Morgan fingerprint density at radius 2 is 1.79 bits per heavy atom. The third kappa shape index (κ3) is 2.97. The maximum atomic E-state index is 13.5. The molecule has 0 spiro atoms. The third-order valence-electron chi connectivity index (χ3n) is 2.50. The Bertz CT molecular complexity index is 590. The molecule has 0 saturated carbocycles. The number of hydrogen-bond acceptors (Lipinski definition) is 3. The summed E-state index contributed by atoms with van der Waals surface area (Å²) in [5.41, 5.74) is 0.000762. The van der Waals surface area contributed by atoms with Crippen molar-refractivity contribution in [3.05, 3.63) is 59.7 Å². The maximum Gasteiger partial charge on any atom is 0.560 e. The molecule has 19 heavy (non-hydrogen) atoms. The largest absolute Gasteiger partial charge is 0.560 e. The molecule has 0 aliphatic carbocycles. The van der Waals surface area contributed by atoms with Crippen LogP contribution in [-0.2, 0) is 0 Å². The van der Waals surface area contributed by atoms with Crippen LogP contribution in [0.3, 0.4) is 0 Å². The lowest BCUT2D eigenvalue weighted by Crippen LogP contribution is -2.36. The predicted octanol–water partition coefficient (Wildman–Crippen LogP) is 1.54. The van der Waals surface area contributed by atoms with E-state index in [-0.39, 0.29) is 6.29 Å². The van der Waals surface area contributed by atoms with E-state index in [1.165, 1.54) is 0 Å². The lowest BCUT2D eigenvalue weighted by atomic mass is 9.79. The summed E-state index contributed by atoms with van der Waals surface area (Å²) < 4.78 is 31.8. The van der Waals surface area contributed by atoms with Crippen molar-refractivity contribution in [3.8, 4) is 5.75 Å². The highest BCUT2D eigenvalue weighted by Gasteiger charge is 2.21. The first-order valence-electron chi connectivity index (χ1n) is 5.45. The predicted molar refractivity (Wildman–Crippen MR) is 66.4 cm³/mol. The van der Waals surface area contributed by atoms with E-state index >= 15 is 0 Å². The zero-order valence-corrected chi connectivity index (χ0v) is 9.72. The van der Waals surface area contributed by atoms with Gasteiger partial charge in [-0.1, -0.05) is 30.3 Å².